The first-order valence-corrected chi connectivity index (χ1v) is 6.76. The van der Waals surface area contributed by atoms with Gasteiger partial charge in [-0.05, 0) is 31.2 Å². The Bertz CT molecular complexity index is 355. The molecule has 18 heavy (non-hydrogen) atoms. The van der Waals surface area contributed by atoms with Crippen molar-refractivity contribution >= 4 is 6.03 Å². The summed E-state index contributed by atoms with van der Waals surface area (Å²) < 4.78 is 1.88. The van der Waals surface area contributed by atoms with Crippen molar-refractivity contribution in [3.05, 3.63) is 18.5 Å². The van der Waals surface area contributed by atoms with Crippen molar-refractivity contribution in [3.63, 3.8) is 0 Å². The second-order valence-corrected chi connectivity index (χ2v) is 5.02. The first-order valence-electron chi connectivity index (χ1n) is 6.76. The van der Waals surface area contributed by atoms with Gasteiger partial charge in [-0.1, -0.05) is 6.92 Å². The molecule has 1 saturated heterocycles. The Morgan fingerprint density at radius 3 is 2.89 bits per heavy atom. The minimum Gasteiger partial charge on any atom is -0.338 e. The van der Waals surface area contributed by atoms with Crippen LogP contribution < -0.4 is 5.32 Å². The van der Waals surface area contributed by atoms with E-state index in [1.807, 2.05) is 21.8 Å². The molecule has 0 unspecified atom stereocenters. The van der Waals surface area contributed by atoms with Gasteiger partial charge in [0.05, 0.1) is 0 Å². The molecule has 2 heterocycles. The maximum absolute atomic E-state index is 11.9. The Kier molecular flexibility index (Phi) is 4.61. The molecule has 100 valence electrons. The number of carbonyl (C=O) groups is 1. The van der Waals surface area contributed by atoms with E-state index in [1.54, 1.807) is 6.20 Å². The number of piperidine rings is 1. The van der Waals surface area contributed by atoms with Crippen molar-refractivity contribution in [2.24, 2.45) is 5.92 Å². The standard InChI is InChI=1S/C13H22N4O/c1-12-4-10-16(11-5-12)13(18)14-6-2-8-17-9-3-7-15-17/h3,7,9,12H,2,4-6,8,10-11H2,1H3,(H,14,18). The molecule has 1 fully saturated rings. The predicted octanol–water partition coefficient (Wildman–Crippen LogP) is 1.71. The molecule has 1 aromatic rings. The van der Waals surface area contributed by atoms with Gasteiger partial charge in [-0.25, -0.2) is 4.79 Å². The van der Waals surface area contributed by atoms with E-state index >= 15 is 0 Å². The van der Waals surface area contributed by atoms with Gasteiger partial charge in [0, 0.05) is 38.6 Å². The Morgan fingerprint density at radius 2 is 2.22 bits per heavy atom. The van der Waals surface area contributed by atoms with Gasteiger partial charge in [0.2, 0.25) is 0 Å². The molecule has 0 saturated carbocycles. The van der Waals surface area contributed by atoms with Crippen LogP contribution in [0.1, 0.15) is 26.2 Å². The van der Waals surface area contributed by atoms with E-state index in [1.165, 1.54) is 0 Å². The summed E-state index contributed by atoms with van der Waals surface area (Å²) in [6, 6.07) is 2.00. The molecule has 2 rings (SSSR count). The first-order chi connectivity index (χ1) is 8.75. The number of hydrogen-bond donors (Lipinski definition) is 1. The van der Waals surface area contributed by atoms with Crippen LogP contribution in [0.3, 0.4) is 0 Å². The van der Waals surface area contributed by atoms with Gasteiger partial charge >= 0.3 is 6.03 Å². The normalized spacial score (nSPS) is 16.8. The molecule has 0 spiro atoms. The molecule has 0 radical (unpaired) electrons. The van der Waals surface area contributed by atoms with Gasteiger partial charge in [-0.3, -0.25) is 4.68 Å². The zero-order valence-corrected chi connectivity index (χ0v) is 11.0. The lowest BCUT2D eigenvalue weighted by Gasteiger charge is -2.30. The van der Waals surface area contributed by atoms with Crippen molar-refractivity contribution in [1.29, 1.82) is 0 Å². The molecular formula is C13H22N4O. The van der Waals surface area contributed by atoms with Crippen molar-refractivity contribution in [3.8, 4) is 0 Å². The summed E-state index contributed by atoms with van der Waals surface area (Å²) in [7, 11) is 0. The van der Waals surface area contributed by atoms with Gasteiger partial charge in [0.1, 0.15) is 0 Å². The lowest BCUT2D eigenvalue weighted by molar-refractivity contribution is 0.174. The van der Waals surface area contributed by atoms with Crippen molar-refractivity contribution < 1.29 is 4.79 Å². The summed E-state index contributed by atoms with van der Waals surface area (Å²) in [4.78, 5) is 13.8. The number of hydrogen-bond acceptors (Lipinski definition) is 2. The Balaban J connectivity index is 1.60. The van der Waals surface area contributed by atoms with Gasteiger partial charge in [0.25, 0.3) is 0 Å². The van der Waals surface area contributed by atoms with Crippen LogP contribution in [-0.4, -0.2) is 40.3 Å². The summed E-state index contributed by atoms with van der Waals surface area (Å²) in [5.74, 6) is 0.758. The topological polar surface area (TPSA) is 50.2 Å². The molecule has 1 N–H and O–H groups in total. The number of aromatic nitrogens is 2. The lowest BCUT2D eigenvalue weighted by Crippen LogP contribution is -2.44. The average molecular weight is 250 g/mol. The quantitative estimate of drug-likeness (QED) is 0.827. The van der Waals surface area contributed by atoms with Crippen LogP contribution in [0.15, 0.2) is 18.5 Å². The second-order valence-electron chi connectivity index (χ2n) is 5.02. The number of nitrogens with one attached hydrogen (secondary N) is 1. The van der Waals surface area contributed by atoms with E-state index < -0.39 is 0 Å². The number of urea groups is 1. The molecule has 1 aliphatic heterocycles. The highest BCUT2D eigenvalue weighted by atomic mass is 16.2. The molecule has 1 aromatic heterocycles. The summed E-state index contributed by atoms with van der Waals surface area (Å²) in [6.07, 6.45) is 6.88. The molecule has 5 nitrogen and oxygen atoms in total. The van der Waals surface area contributed by atoms with Crippen molar-refractivity contribution in [2.45, 2.75) is 32.7 Å². The highest BCUT2D eigenvalue weighted by Gasteiger charge is 2.19. The molecular weight excluding hydrogens is 228 g/mol. The molecule has 0 atom stereocenters. The van der Waals surface area contributed by atoms with Crippen LogP contribution >= 0.6 is 0 Å². The minimum absolute atomic E-state index is 0.0855. The number of carbonyl (C=O) groups excluding carboxylic acids is 1. The van der Waals surface area contributed by atoms with Crippen molar-refractivity contribution in [2.75, 3.05) is 19.6 Å². The van der Waals surface area contributed by atoms with Gasteiger partial charge in [-0.15, -0.1) is 0 Å². The summed E-state index contributed by atoms with van der Waals surface area (Å²) in [5.41, 5.74) is 0. The summed E-state index contributed by atoms with van der Waals surface area (Å²) in [5, 5.41) is 7.10. The third-order valence-corrected chi connectivity index (χ3v) is 3.47. The second kappa shape index (κ2) is 6.42. The zero-order chi connectivity index (χ0) is 12.8. The fraction of sp³-hybridized carbons (Fsp3) is 0.692. The highest BCUT2D eigenvalue weighted by Crippen LogP contribution is 2.15. The van der Waals surface area contributed by atoms with Crippen molar-refractivity contribution in [1.82, 2.24) is 20.0 Å². The summed E-state index contributed by atoms with van der Waals surface area (Å²) in [6.45, 7) is 5.60. The van der Waals surface area contributed by atoms with E-state index in [0.29, 0.717) is 6.54 Å². The van der Waals surface area contributed by atoms with Crippen LogP contribution in [0.5, 0.6) is 0 Å². The SMILES string of the molecule is CC1CCN(C(=O)NCCCn2cccn2)CC1. The van der Waals surface area contributed by atoms with Crippen LogP contribution in [0.25, 0.3) is 0 Å². The lowest BCUT2D eigenvalue weighted by atomic mass is 10.00. The molecule has 0 aromatic carbocycles. The Morgan fingerprint density at radius 1 is 1.44 bits per heavy atom. The third kappa shape index (κ3) is 3.75. The number of nitrogens with zero attached hydrogens (tertiary/aromatic N) is 3. The molecule has 5 heteroatoms. The van der Waals surface area contributed by atoms with E-state index in [4.69, 9.17) is 0 Å². The largest absolute Gasteiger partial charge is 0.338 e. The number of rotatable bonds is 4. The Labute approximate surface area is 108 Å². The van der Waals surface area contributed by atoms with Gasteiger partial charge < -0.3 is 10.2 Å². The molecule has 0 aliphatic carbocycles. The first kappa shape index (κ1) is 12.9. The predicted molar refractivity (Wildman–Crippen MR) is 70.2 cm³/mol. The smallest absolute Gasteiger partial charge is 0.317 e. The molecule has 0 bridgehead atoms. The van der Waals surface area contributed by atoms with E-state index in [-0.39, 0.29) is 6.03 Å². The average Bonchev–Trinajstić information content (AvgIpc) is 2.88. The van der Waals surface area contributed by atoms with Gasteiger partial charge in [0.15, 0.2) is 0 Å². The Hall–Kier alpha value is -1.52. The maximum atomic E-state index is 11.9. The van der Waals surface area contributed by atoms with E-state index in [9.17, 15) is 4.79 Å². The fourth-order valence-electron chi connectivity index (χ4n) is 2.19. The van der Waals surface area contributed by atoms with Crippen LogP contribution in [-0.2, 0) is 6.54 Å². The molecule has 2 amide bonds. The van der Waals surface area contributed by atoms with Gasteiger partial charge in [-0.2, -0.15) is 5.10 Å². The number of likely N-dealkylation sites (tertiary alicyclic amines) is 1. The van der Waals surface area contributed by atoms with E-state index in [0.717, 1.165) is 44.8 Å². The molecule has 1 aliphatic rings. The number of amides is 2. The van der Waals surface area contributed by atoms with Crippen LogP contribution in [0.4, 0.5) is 4.79 Å². The van der Waals surface area contributed by atoms with Crippen LogP contribution in [0.2, 0.25) is 0 Å². The highest BCUT2D eigenvalue weighted by molar-refractivity contribution is 5.74. The zero-order valence-electron chi connectivity index (χ0n) is 11.0. The minimum atomic E-state index is 0.0855. The monoisotopic (exact) mass is 250 g/mol. The third-order valence-electron chi connectivity index (χ3n) is 3.47. The van der Waals surface area contributed by atoms with Crippen LogP contribution in [0, 0.1) is 5.92 Å². The maximum Gasteiger partial charge on any atom is 0.317 e. The fourth-order valence-corrected chi connectivity index (χ4v) is 2.19. The van der Waals surface area contributed by atoms with E-state index in [2.05, 4.69) is 17.3 Å². The summed E-state index contributed by atoms with van der Waals surface area (Å²) >= 11 is 0. The number of aryl methyl sites for hydroxylation is 1.